The molecule has 0 N–H and O–H groups in total. The first-order valence-electron chi connectivity index (χ1n) is 5.86. The molecule has 0 saturated heterocycles. The van der Waals surface area contributed by atoms with Crippen molar-refractivity contribution in [1.29, 1.82) is 0 Å². The summed E-state index contributed by atoms with van der Waals surface area (Å²) < 4.78 is 2.86. The van der Waals surface area contributed by atoms with Crippen LogP contribution >= 0.6 is 11.8 Å². The third-order valence-electron chi connectivity index (χ3n) is 2.86. The predicted octanol–water partition coefficient (Wildman–Crippen LogP) is -2.05. The second-order valence-corrected chi connectivity index (χ2v) is 5.45. The summed E-state index contributed by atoms with van der Waals surface area (Å²) in [4.78, 5) is 46.0. The molecule has 0 aliphatic carbocycles. The molecule has 1 aromatic heterocycles. The first-order chi connectivity index (χ1) is 9.43. The molecule has 1 atom stereocenters. The molecule has 2 rings (SSSR count). The molecule has 1 aliphatic rings. The number of fused-ring (bicyclic) bond motifs is 1. The number of hydrogen-bond donors (Lipinski definition) is 0. The molecule has 2 heterocycles. The topological polar surface area (TPSA) is 106 Å². The van der Waals surface area contributed by atoms with Gasteiger partial charge in [-0.3, -0.25) is 4.79 Å². The van der Waals surface area contributed by atoms with Gasteiger partial charge in [0.2, 0.25) is 0 Å². The van der Waals surface area contributed by atoms with Gasteiger partial charge >= 0.3 is 11.4 Å². The zero-order chi connectivity index (χ0) is 14.9. The fourth-order valence-electron chi connectivity index (χ4n) is 2.00. The van der Waals surface area contributed by atoms with Crippen LogP contribution in [0.2, 0.25) is 0 Å². The third kappa shape index (κ3) is 2.48. The summed E-state index contributed by atoms with van der Waals surface area (Å²) in [5.74, 6) is -1.18. The molecule has 0 radical (unpaired) electrons. The number of aromatic nitrogens is 3. The SMILES string of the molecule is CC(=O)SCCn1c(=O)n2n(c1=O)C(C(=O)[O-])C=CC2. The van der Waals surface area contributed by atoms with E-state index in [0.29, 0.717) is 0 Å². The van der Waals surface area contributed by atoms with Gasteiger partial charge in [0.25, 0.3) is 0 Å². The lowest BCUT2D eigenvalue weighted by Crippen LogP contribution is -2.41. The van der Waals surface area contributed by atoms with E-state index in [1.54, 1.807) is 0 Å². The minimum Gasteiger partial charge on any atom is -0.547 e. The maximum Gasteiger partial charge on any atom is 0.348 e. The second kappa shape index (κ2) is 5.53. The number of thioether (sulfide) groups is 1. The number of nitrogens with zero attached hydrogens (tertiary/aromatic N) is 3. The Kier molecular flexibility index (Phi) is 3.98. The van der Waals surface area contributed by atoms with Gasteiger partial charge in [0.05, 0.1) is 12.5 Å². The number of aliphatic carboxylic acids is 1. The summed E-state index contributed by atoms with van der Waals surface area (Å²) in [6, 6.07) is -1.29. The maximum atomic E-state index is 12.1. The highest BCUT2D eigenvalue weighted by Crippen LogP contribution is 2.09. The molecule has 0 amide bonds. The molecule has 0 fully saturated rings. The Morgan fingerprint density at radius 1 is 1.40 bits per heavy atom. The van der Waals surface area contributed by atoms with E-state index in [9.17, 15) is 24.3 Å². The van der Waals surface area contributed by atoms with Gasteiger partial charge < -0.3 is 9.90 Å². The summed E-state index contributed by atoms with van der Waals surface area (Å²) in [5.41, 5.74) is -1.30. The van der Waals surface area contributed by atoms with Gasteiger partial charge in [-0.05, 0) is 0 Å². The molecule has 1 aromatic rings. The molecule has 1 aliphatic heterocycles. The molecule has 1 unspecified atom stereocenters. The van der Waals surface area contributed by atoms with Gasteiger partial charge in [0.15, 0.2) is 5.12 Å². The quantitative estimate of drug-likeness (QED) is 0.592. The van der Waals surface area contributed by atoms with Crippen LogP contribution in [0.25, 0.3) is 0 Å². The Bertz CT molecular complexity index is 696. The number of allylic oxidation sites excluding steroid dienone is 1. The monoisotopic (exact) mass is 298 g/mol. The van der Waals surface area contributed by atoms with E-state index in [-0.39, 0.29) is 24.0 Å². The highest BCUT2D eigenvalue weighted by molar-refractivity contribution is 8.13. The first-order valence-corrected chi connectivity index (χ1v) is 6.85. The van der Waals surface area contributed by atoms with Gasteiger partial charge in [0, 0.05) is 19.2 Å². The molecule has 9 heteroatoms. The van der Waals surface area contributed by atoms with Crippen LogP contribution in [0.15, 0.2) is 21.7 Å². The van der Waals surface area contributed by atoms with Gasteiger partial charge in [-0.2, -0.15) is 0 Å². The van der Waals surface area contributed by atoms with Crippen molar-refractivity contribution in [2.75, 3.05) is 5.75 Å². The number of rotatable bonds is 4. The number of hydrogen-bond acceptors (Lipinski definition) is 6. The van der Waals surface area contributed by atoms with E-state index < -0.39 is 23.4 Å². The summed E-state index contributed by atoms with van der Waals surface area (Å²) >= 11 is 0.996. The predicted molar refractivity (Wildman–Crippen MR) is 69.3 cm³/mol. The first kappa shape index (κ1) is 14.4. The van der Waals surface area contributed by atoms with Crippen molar-refractivity contribution in [3.63, 3.8) is 0 Å². The van der Waals surface area contributed by atoms with Crippen molar-refractivity contribution in [2.45, 2.75) is 26.1 Å². The zero-order valence-electron chi connectivity index (χ0n) is 10.6. The highest BCUT2D eigenvalue weighted by Gasteiger charge is 2.23. The van der Waals surface area contributed by atoms with Gasteiger partial charge in [0.1, 0.15) is 6.04 Å². The molecule has 0 bridgehead atoms. The second-order valence-electron chi connectivity index (χ2n) is 4.18. The van der Waals surface area contributed by atoms with E-state index in [4.69, 9.17) is 0 Å². The van der Waals surface area contributed by atoms with Crippen LogP contribution in [0.5, 0.6) is 0 Å². The minimum absolute atomic E-state index is 0.0503. The summed E-state index contributed by atoms with van der Waals surface area (Å²) in [5, 5.41) is 10.9. The lowest BCUT2D eigenvalue weighted by atomic mass is 10.2. The number of carbonyl (C=O) groups excluding carboxylic acids is 2. The molecule has 20 heavy (non-hydrogen) atoms. The van der Waals surface area contributed by atoms with E-state index >= 15 is 0 Å². The van der Waals surface area contributed by atoms with Crippen LogP contribution in [-0.4, -0.2) is 30.8 Å². The molecular weight excluding hydrogens is 286 g/mol. The van der Waals surface area contributed by atoms with Crippen LogP contribution in [0.4, 0.5) is 0 Å². The van der Waals surface area contributed by atoms with Crippen LogP contribution in [0, 0.1) is 0 Å². The van der Waals surface area contributed by atoms with Crippen LogP contribution < -0.4 is 16.5 Å². The van der Waals surface area contributed by atoms with Gasteiger partial charge in [-0.25, -0.2) is 23.5 Å². The van der Waals surface area contributed by atoms with E-state index in [1.807, 2.05) is 0 Å². The normalized spacial score (nSPS) is 16.9. The largest absolute Gasteiger partial charge is 0.547 e. The molecule has 0 aromatic carbocycles. The molecule has 0 spiro atoms. The average Bonchev–Trinajstić information content (AvgIpc) is 2.63. The Labute approximate surface area is 117 Å². The molecule has 108 valence electrons. The average molecular weight is 298 g/mol. The molecule has 8 nitrogen and oxygen atoms in total. The van der Waals surface area contributed by atoms with Crippen molar-refractivity contribution >= 4 is 22.8 Å². The van der Waals surface area contributed by atoms with Crippen molar-refractivity contribution < 1.29 is 14.7 Å². The summed E-state index contributed by atoms with van der Waals surface area (Å²) in [7, 11) is 0. The number of carboxylic acids is 1. The molecular formula is C11H12N3O5S-. The summed E-state index contributed by atoms with van der Waals surface area (Å²) in [6.45, 7) is 1.57. The standard InChI is InChI=1S/C11H13N3O5S/c1-7(15)20-6-5-12-10(18)13-4-2-3-8(9(16)17)14(13)11(12)19/h2-3,8H,4-6H2,1H3,(H,16,17)/p-1. The Hall–Kier alpha value is -2.03. The van der Waals surface area contributed by atoms with Crippen molar-refractivity contribution in [2.24, 2.45) is 0 Å². The van der Waals surface area contributed by atoms with E-state index in [1.165, 1.54) is 19.1 Å². The van der Waals surface area contributed by atoms with Crippen molar-refractivity contribution in [3.05, 3.63) is 33.1 Å². The fraction of sp³-hybridized carbons (Fsp3) is 0.455. The lowest BCUT2D eigenvalue weighted by molar-refractivity contribution is -0.309. The van der Waals surface area contributed by atoms with E-state index in [0.717, 1.165) is 25.7 Å². The van der Waals surface area contributed by atoms with E-state index in [2.05, 4.69) is 0 Å². The lowest BCUT2D eigenvalue weighted by Gasteiger charge is -2.21. The zero-order valence-corrected chi connectivity index (χ0v) is 11.5. The van der Waals surface area contributed by atoms with Crippen LogP contribution in [0.3, 0.4) is 0 Å². The Morgan fingerprint density at radius 2 is 2.10 bits per heavy atom. The fourth-order valence-corrected chi connectivity index (χ4v) is 2.56. The van der Waals surface area contributed by atoms with Gasteiger partial charge in [-0.15, -0.1) is 0 Å². The number of carboxylic acid groups (broad SMARTS) is 1. The Balaban J connectivity index is 2.38. The minimum atomic E-state index is -1.45. The van der Waals surface area contributed by atoms with Crippen LogP contribution in [0.1, 0.15) is 13.0 Å². The van der Waals surface area contributed by atoms with Crippen molar-refractivity contribution in [3.8, 4) is 0 Å². The maximum absolute atomic E-state index is 12.1. The Morgan fingerprint density at radius 3 is 2.70 bits per heavy atom. The summed E-state index contributed by atoms with van der Waals surface area (Å²) in [6.07, 6.45) is 2.81. The molecule has 0 saturated carbocycles. The third-order valence-corrected chi connectivity index (χ3v) is 3.65. The highest BCUT2D eigenvalue weighted by atomic mass is 32.2. The number of carbonyl (C=O) groups is 2. The smallest absolute Gasteiger partial charge is 0.348 e. The van der Waals surface area contributed by atoms with Crippen LogP contribution in [-0.2, 0) is 22.7 Å². The van der Waals surface area contributed by atoms with Crippen molar-refractivity contribution in [1.82, 2.24) is 13.9 Å². The van der Waals surface area contributed by atoms with Gasteiger partial charge in [-0.1, -0.05) is 23.9 Å².